The van der Waals surface area contributed by atoms with Crippen LogP contribution in [0.25, 0.3) is 11.0 Å². The van der Waals surface area contributed by atoms with Crippen molar-refractivity contribution in [3.05, 3.63) is 53.3 Å². The molecule has 0 saturated heterocycles. The highest BCUT2D eigenvalue weighted by Gasteiger charge is 2.18. The molecule has 0 N–H and O–H groups in total. The van der Waals surface area contributed by atoms with Gasteiger partial charge in [0.15, 0.2) is 5.16 Å². The average molecular weight is 431 g/mol. The van der Waals surface area contributed by atoms with Gasteiger partial charge < -0.3 is 9.47 Å². The standard InChI is InChI=1S/C21H20ClFN4OS/c1-2-11-27-19-9-4-15(22)13-18(19)25-21(27)29-14-20(28)26(12-3-10-24)17-7-5-16(23)6-8-17/h4-9,13H,2-3,11-12,14H2,1H3. The molecule has 3 aromatic rings. The number of aromatic nitrogens is 2. The van der Waals surface area contributed by atoms with Crippen molar-refractivity contribution >= 4 is 46.0 Å². The number of thioether (sulfide) groups is 1. The van der Waals surface area contributed by atoms with Crippen LogP contribution in [-0.4, -0.2) is 27.8 Å². The fraction of sp³-hybridized carbons (Fsp3) is 0.286. The Hall–Kier alpha value is -2.56. The summed E-state index contributed by atoms with van der Waals surface area (Å²) in [5.41, 5.74) is 2.34. The molecule has 0 aliphatic carbocycles. The van der Waals surface area contributed by atoms with Gasteiger partial charge in [0, 0.05) is 23.8 Å². The molecule has 0 fully saturated rings. The monoisotopic (exact) mass is 430 g/mol. The van der Waals surface area contributed by atoms with Crippen LogP contribution in [0.4, 0.5) is 10.1 Å². The number of anilines is 1. The molecule has 0 atom stereocenters. The van der Waals surface area contributed by atoms with Crippen LogP contribution < -0.4 is 4.90 Å². The van der Waals surface area contributed by atoms with Crippen molar-refractivity contribution in [2.75, 3.05) is 17.2 Å². The van der Waals surface area contributed by atoms with Crippen LogP contribution in [0.3, 0.4) is 0 Å². The summed E-state index contributed by atoms with van der Waals surface area (Å²) >= 11 is 7.43. The highest BCUT2D eigenvalue weighted by atomic mass is 35.5. The molecule has 0 radical (unpaired) electrons. The molecule has 29 heavy (non-hydrogen) atoms. The minimum atomic E-state index is -0.372. The Morgan fingerprint density at radius 2 is 2.07 bits per heavy atom. The van der Waals surface area contributed by atoms with Crippen LogP contribution >= 0.6 is 23.4 Å². The third-order valence-corrected chi connectivity index (χ3v) is 5.53. The lowest BCUT2D eigenvalue weighted by Gasteiger charge is -2.21. The van der Waals surface area contributed by atoms with Crippen molar-refractivity contribution in [2.45, 2.75) is 31.5 Å². The molecule has 0 bridgehead atoms. The average Bonchev–Trinajstić information content (AvgIpc) is 3.04. The summed E-state index contributed by atoms with van der Waals surface area (Å²) < 4.78 is 15.3. The number of carbonyl (C=O) groups excluding carboxylic acids is 1. The van der Waals surface area contributed by atoms with Crippen LogP contribution in [0.2, 0.25) is 5.02 Å². The van der Waals surface area contributed by atoms with Crippen molar-refractivity contribution in [1.29, 1.82) is 5.26 Å². The Labute approximate surface area is 178 Å². The van der Waals surface area contributed by atoms with Gasteiger partial charge >= 0.3 is 0 Å². The summed E-state index contributed by atoms with van der Waals surface area (Å²) in [5, 5.41) is 10.3. The predicted molar refractivity (Wildman–Crippen MR) is 115 cm³/mol. The molecule has 1 aromatic heterocycles. The fourth-order valence-corrected chi connectivity index (χ4v) is 4.10. The molecule has 0 saturated carbocycles. The summed E-state index contributed by atoms with van der Waals surface area (Å²) in [5.74, 6) is -0.378. The summed E-state index contributed by atoms with van der Waals surface area (Å²) in [7, 11) is 0. The number of aryl methyl sites for hydroxylation is 1. The second kappa shape index (κ2) is 9.77. The van der Waals surface area contributed by atoms with Gasteiger partial charge in [-0.3, -0.25) is 4.79 Å². The fourth-order valence-electron chi connectivity index (χ4n) is 3.02. The SMILES string of the molecule is CCCn1c(SCC(=O)N(CCC#N)c2ccc(F)cc2)nc2cc(Cl)ccc21. The van der Waals surface area contributed by atoms with E-state index >= 15 is 0 Å². The van der Waals surface area contributed by atoms with Gasteiger partial charge in [-0.2, -0.15) is 5.26 Å². The van der Waals surface area contributed by atoms with Crippen molar-refractivity contribution < 1.29 is 9.18 Å². The lowest BCUT2D eigenvalue weighted by atomic mass is 10.2. The number of amides is 1. The van der Waals surface area contributed by atoms with E-state index in [9.17, 15) is 9.18 Å². The Bertz CT molecular complexity index is 1050. The molecule has 0 spiro atoms. The van der Waals surface area contributed by atoms with Gasteiger partial charge in [-0.15, -0.1) is 0 Å². The molecule has 1 heterocycles. The highest BCUT2D eigenvalue weighted by Crippen LogP contribution is 2.27. The topological polar surface area (TPSA) is 61.9 Å². The van der Waals surface area contributed by atoms with Crippen molar-refractivity contribution in [3.63, 3.8) is 0 Å². The number of halogens is 2. The van der Waals surface area contributed by atoms with E-state index in [0.29, 0.717) is 10.7 Å². The van der Waals surface area contributed by atoms with Gasteiger partial charge in [-0.1, -0.05) is 30.3 Å². The summed E-state index contributed by atoms with van der Waals surface area (Å²) in [6.45, 7) is 3.12. The van der Waals surface area contributed by atoms with Crippen LogP contribution in [-0.2, 0) is 11.3 Å². The quantitative estimate of drug-likeness (QED) is 0.456. The maximum Gasteiger partial charge on any atom is 0.237 e. The first kappa shape index (κ1) is 21.2. The van der Waals surface area contributed by atoms with E-state index in [1.165, 1.54) is 28.8 Å². The highest BCUT2D eigenvalue weighted by molar-refractivity contribution is 7.99. The summed E-state index contributed by atoms with van der Waals surface area (Å²) in [6, 6.07) is 13.3. The first-order valence-electron chi connectivity index (χ1n) is 9.25. The summed E-state index contributed by atoms with van der Waals surface area (Å²) in [6.07, 6.45) is 1.13. The minimum absolute atomic E-state index is 0.156. The zero-order valence-corrected chi connectivity index (χ0v) is 17.5. The van der Waals surface area contributed by atoms with Crippen LogP contribution in [0.15, 0.2) is 47.6 Å². The molecule has 5 nitrogen and oxygen atoms in total. The molecule has 0 aliphatic heterocycles. The number of hydrogen-bond donors (Lipinski definition) is 0. The number of rotatable bonds is 8. The smallest absolute Gasteiger partial charge is 0.237 e. The van der Waals surface area contributed by atoms with Gasteiger partial charge in [-0.25, -0.2) is 9.37 Å². The molecule has 3 rings (SSSR count). The zero-order chi connectivity index (χ0) is 20.8. The Balaban J connectivity index is 1.81. The molecule has 0 unspecified atom stereocenters. The second-order valence-electron chi connectivity index (χ2n) is 6.40. The third kappa shape index (κ3) is 5.08. The Morgan fingerprint density at radius 3 is 2.76 bits per heavy atom. The second-order valence-corrected chi connectivity index (χ2v) is 7.78. The van der Waals surface area contributed by atoms with Crippen LogP contribution in [0, 0.1) is 17.1 Å². The number of carbonyl (C=O) groups is 1. The molecule has 1 amide bonds. The zero-order valence-electron chi connectivity index (χ0n) is 15.9. The van der Waals surface area contributed by atoms with E-state index in [1.54, 1.807) is 12.1 Å². The maximum atomic E-state index is 13.2. The van der Waals surface area contributed by atoms with Gasteiger partial charge in [0.05, 0.1) is 29.3 Å². The maximum absolute atomic E-state index is 13.2. The van der Waals surface area contributed by atoms with E-state index in [-0.39, 0.29) is 30.4 Å². The lowest BCUT2D eigenvalue weighted by Crippen LogP contribution is -2.33. The minimum Gasteiger partial charge on any atom is -0.319 e. The molecule has 150 valence electrons. The summed E-state index contributed by atoms with van der Waals surface area (Å²) in [4.78, 5) is 19.0. The number of fused-ring (bicyclic) bond motifs is 1. The van der Waals surface area contributed by atoms with E-state index in [1.807, 2.05) is 18.2 Å². The number of benzene rings is 2. The Kier molecular flexibility index (Phi) is 7.13. The van der Waals surface area contributed by atoms with Gasteiger partial charge in [0.1, 0.15) is 5.82 Å². The normalized spacial score (nSPS) is 10.8. The van der Waals surface area contributed by atoms with Crippen molar-refractivity contribution in [2.24, 2.45) is 0 Å². The first-order valence-corrected chi connectivity index (χ1v) is 10.6. The van der Waals surface area contributed by atoms with E-state index < -0.39 is 0 Å². The largest absolute Gasteiger partial charge is 0.319 e. The number of imidazole rings is 1. The molecule has 0 aliphatic rings. The van der Waals surface area contributed by atoms with Crippen molar-refractivity contribution in [1.82, 2.24) is 9.55 Å². The number of nitriles is 1. The van der Waals surface area contributed by atoms with E-state index in [0.717, 1.165) is 29.2 Å². The van der Waals surface area contributed by atoms with Gasteiger partial charge in [0.25, 0.3) is 0 Å². The third-order valence-electron chi connectivity index (χ3n) is 4.33. The van der Waals surface area contributed by atoms with Gasteiger partial charge in [0.2, 0.25) is 5.91 Å². The van der Waals surface area contributed by atoms with Crippen LogP contribution in [0.5, 0.6) is 0 Å². The lowest BCUT2D eigenvalue weighted by molar-refractivity contribution is -0.116. The molecular formula is C21H20ClFN4OS. The van der Waals surface area contributed by atoms with E-state index in [4.69, 9.17) is 16.9 Å². The van der Waals surface area contributed by atoms with Crippen LogP contribution in [0.1, 0.15) is 19.8 Å². The molecule has 8 heteroatoms. The van der Waals surface area contributed by atoms with E-state index in [2.05, 4.69) is 22.5 Å². The number of hydrogen-bond acceptors (Lipinski definition) is 4. The first-order chi connectivity index (χ1) is 14.0. The number of nitrogens with zero attached hydrogens (tertiary/aromatic N) is 4. The Morgan fingerprint density at radius 1 is 1.31 bits per heavy atom. The molecular weight excluding hydrogens is 411 g/mol. The van der Waals surface area contributed by atoms with Gasteiger partial charge in [-0.05, 0) is 48.9 Å². The van der Waals surface area contributed by atoms with Crippen molar-refractivity contribution in [3.8, 4) is 6.07 Å². The molecule has 2 aromatic carbocycles. The predicted octanol–water partition coefficient (Wildman–Crippen LogP) is 5.28.